The highest BCUT2D eigenvalue weighted by molar-refractivity contribution is 8.00. The van der Waals surface area contributed by atoms with E-state index in [2.05, 4.69) is 10.3 Å². The van der Waals surface area contributed by atoms with E-state index >= 15 is 0 Å². The molecule has 4 rings (SSSR count). The Labute approximate surface area is 185 Å². The number of alkyl halides is 3. The third-order valence-electron chi connectivity index (χ3n) is 5.26. The fourth-order valence-corrected chi connectivity index (χ4v) is 4.39. The maximum Gasteiger partial charge on any atom is 0.446 e. The van der Waals surface area contributed by atoms with Gasteiger partial charge in [0, 0.05) is 30.4 Å². The maximum absolute atomic E-state index is 13.5. The highest BCUT2D eigenvalue weighted by Crippen LogP contribution is 2.37. The number of nitrogens with one attached hydrogen (secondary N) is 1. The van der Waals surface area contributed by atoms with Gasteiger partial charge in [0.2, 0.25) is 5.88 Å². The number of hydrogen-bond donors (Lipinski definition) is 2. The van der Waals surface area contributed by atoms with Crippen molar-refractivity contribution in [2.45, 2.75) is 29.5 Å². The third kappa shape index (κ3) is 4.54. The second-order valence-electron chi connectivity index (χ2n) is 7.28. The predicted octanol–water partition coefficient (Wildman–Crippen LogP) is 3.24. The lowest BCUT2D eigenvalue weighted by Crippen LogP contribution is -2.46. The largest absolute Gasteiger partial charge is 0.493 e. The standard InChI is InChI=1S/C21H21F3N4O3S/c1-13-19(29)28(15-2-4-16(5-3-15)32-21(22,23)24)20(30)27(13)18(14-6-8-25-9-7-14)17-12-26-10-11-31-17/h2-9,17-18,26,29H,10-12H2,1H3. The Morgan fingerprint density at radius 2 is 1.91 bits per heavy atom. The highest BCUT2D eigenvalue weighted by Gasteiger charge is 2.33. The van der Waals surface area contributed by atoms with Crippen LogP contribution in [0, 0.1) is 6.92 Å². The Morgan fingerprint density at radius 3 is 2.50 bits per heavy atom. The van der Waals surface area contributed by atoms with Crippen LogP contribution in [-0.4, -0.2) is 50.5 Å². The number of pyridine rings is 1. The number of halogens is 3. The minimum Gasteiger partial charge on any atom is -0.493 e. The van der Waals surface area contributed by atoms with Crippen LogP contribution in [0.3, 0.4) is 0 Å². The Morgan fingerprint density at radius 1 is 1.22 bits per heavy atom. The minimum absolute atomic E-state index is 0.0127. The molecule has 0 radical (unpaired) electrons. The monoisotopic (exact) mass is 466 g/mol. The van der Waals surface area contributed by atoms with Gasteiger partial charge in [-0.25, -0.2) is 9.36 Å². The van der Waals surface area contributed by atoms with E-state index in [1.807, 2.05) is 0 Å². The average molecular weight is 466 g/mol. The third-order valence-corrected chi connectivity index (χ3v) is 6.00. The topological polar surface area (TPSA) is 81.3 Å². The van der Waals surface area contributed by atoms with Crippen molar-refractivity contribution in [1.82, 2.24) is 19.4 Å². The van der Waals surface area contributed by atoms with Crippen LogP contribution in [0.4, 0.5) is 13.2 Å². The maximum atomic E-state index is 13.5. The number of aromatic hydroxyl groups is 1. The summed E-state index contributed by atoms with van der Waals surface area (Å²) in [7, 11) is 0. The first-order chi connectivity index (χ1) is 15.3. The van der Waals surface area contributed by atoms with Crippen LogP contribution >= 0.6 is 11.8 Å². The van der Waals surface area contributed by atoms with E-state index in [1.54, 1.807) is 31.5 Å². The van der Waals surface area contributed by atoms with Crippen molar-refractivity contribution < 1.29 is 23.0 Å². The summed E-state index contributed by atoms with van der Waals surface area (Å²) in [6, 6.07) is 8.31. The molecule has 2 aromatic heterocycles. The molecule has 170 valence electrons. The van der Waals surface area contributed by atoms with Crippen molar-refractivity contribution in [3.63, 3.8) is 0 Å². The van der Waals surface area contributed by atoms with Crippen molar-refractivity contribution in [3.05, 3.63) is 70.5 Å². The van der Waals surface area contributed by atoms with Crippen LogP contribution in [0.25, 0.3) is 5.69 Å². The molecule has 32 heavy (non-hydrogen) atoms. The van der Waals surface area contributed by atoms with Gasteiger partial charge in [-0.2, -0.15) is 13.2 Å². The highest BCUT2D eigenvalue weighted by atomic mass is 32.2. The summed E-state index contributed by atoms with van der Waals surface area (Å²) in [5, 5.41) is 14.0. The lowest BCUT2D eigenvalue weighted by Gasteiger charge is -2.32. The van der Waals surface area contributed by atoms with E-state index in [0.29, 0.717) is 25.4 Å². The second-order valence-corrected chi connectivity index (χ2v) is 8.42. The molecule has 2 N–H and O–H groups in total. The first kappa shape index (κ1) is 22.4. The number of thioether (sulfide) groups is 1. The molecule has 1 aromatic carbocycles. The summed E-state index contributed by atoms with van der Waals surface area (Å²) < 4.78 is 46.3. The summed E-state index contributed by atoms with van der Waals surface area (Å²) >= 11 is -0.242. The molecule has 0 aliphatic carbocycles. The quantitative estimate of drug-likeness (QED) is 0.562. The molecule has 7 nitrogen and oxygen atoms in total. The van der Waals surface area contributed by atoms with Crippen LogP contribution in [0.1, 0.15) is 17.3 Å². The molecule has 1 saturated heterocycles. The first-order valence-corrected chi connectivity index (χ1v) is 10.7. The molecule has 2 unspecified atom stereocenters. The number of aromatic nitrogens is 3. The number of benzene rings is 1. The van der Waals surface area contributed by atoms with Crippen molar-refractivity contribution >= 4 is 11.8 Å². The fourth-order valence-electron chi connectivity index (χ4n) is 3.85. The van der Waals surface area contributed by atoms with Gasteiger partial charge in [0.05, 0.1) is 30.1 Å². The van der Waals surface area contributed by atoms with E-state index in [9.17, 15) is 23.1 Å². The summed E-state index contributed by atoms with van der Waals surface area (Å²) in [6.45, 7) is 3.30. The number of hydrogen-bond acceptors (Lipinski definition) is 6. The van der Waals surface area contributed by atoms with Crippen LogP contribution < -0.4 is 11.0 Å². The van der Waals surface area contributed by atoms with Crippen molar-refractivity contribution in [3.8, 4) is 11.6 Å². The van der Waals surface area contributed by atoms with Crippen LogP contribution in [0.2, 0.25) is 0 Å². The lowest BCUT2D eigenvalue weighted by molar-refractivity contribution is -0.0328. The number of morpholine rings is 1. The molecule has 11 heteroatoms. The molecular weight excluding hydrogens is 445 g/mol. The zero-order valence-corrected chi connectivity index (χ0v) is 17.9. The second kappa shape index (κ2) is 9.00. The van der Waals surface area contributed by atoms with Crippen molar-refractivity contribution in [2.24, 2.45) is 0 Å². The summed E-state index contributed by atoms with van der Waals surface area (Å²) in [5.41, 5.74) is -3.57. The average Bonchev–Trinajstić information content (AvgIpc) is 2.99. The Bertz CT molecular complexity index is 1120. The molecule has 0 saturated carbocycles. The van der Waals surface area contributed by atoms with Gasteiger partial charge in [-0.1, -0.05) is 0 Å². The van der Waals surface area contributed by atoms with Gasteiger partial charge in [-0.15, -0.1) is 0 Å². The molecule has 0 spiro atoms. The number of ether oxygens (including phenoxy) is 1. The molecule has 3 aromatic rings. The smallest absolute Gasteiger partial charge is 0.446 e. The molecule has 0 bridgehead atoms. The summed E-state index contributed by atoms with van der Waals surface area (Å²) in [6.07, 6.45) is 2.86. The SMILES string of the molecule is Cc1c(O)n(-c2ccc(SC(F)(F)F)cc2)c(=O)n1C(c1ccncc1)C1CNCCO1. The number of imidazole rings is 1. The molecule has 3 heterocycles. The van der Waals surface area contributed by atoms with E-state index < -0.39 is 17.2 Å². The van der Waals surface area contributed by atoms with E-state index in [1.165, 1.54) is 28.8 Å². The van der Waals surface area contributed by atoms with Gasteiger partial charge >= 0.3 is 11.2 Å². The van der Waals surface area contributed by atoms with Crippen LogP contribution in [0.15, 0.2) is 58.5 Å². The molecule has 0 amide bonds. The number of rotatable bonds is 5. The first-order valence-electron chi connectivity index (χ1n) is 9.87. The number of nitrogens with zero attached hydrogens (tertiary/aromatic N) is 3. The van der Waals surface area contributed by atoms with Crippen LogP contribution in [0.5, 0.6) is 5.88 Å². The molecule has 1 aliphatic heterocycles. The van der Waals surface area contributed by atoms with E-state index in [0.717, 1.165) is 10.1 Å². The van der Waals surface area contributed by atoms with Crippen LogP contribution in [-0.2, 0) is 4.74 Å². The molecule has 1 aliphatic rings. The van der Waals surface area contributed by atoms with Gasteiger partial charge in [-0.3, -0.25) is 9.55 Å². The van der Waals surface area contributed by atoms with E-state index in [4.69, 9.17) is 4.74 Å². The van der Waals surface area contributed by atoms with E-state index in [-0.39, 0.29) is 34.3 Å². The predicted molar refractivity (Wildman–Crippen MR) is 113 cm³/mol. The van der Waals surface area contributed by atoms with Gasteiger partial charge in [0.15, 0.2) is 0 Å². The van der Waals surface area contributed by atoms with Crippen molar-refractivity contribution in [2.75, 3.05) is 19.7 Å². The fraction of sp³-hybridized carbons (Fsp3) is 0.333. The zero-order valence-electron chi connectivity index (χ0n) is 17.0. The van der Waals surface area contributed by atoms with Gasteiger partial charge in [0.1, 0.15) is 0 Å². The van der Waals surface area contributed by atoms with Gasteiger partial charge in [-0.05, 0) is 60.6 Å². The lowest BCUT2D eigenvalue weighted by atomic mass is 10.0. The Balaban J connectivity index is 1.78. The molecule has 1 fully saturated rings. The molecule has 2 atom stereocenters. The minimum atomic E-state index is -4.41. The molecular formula is C21H21F3N4O3S. The van der Waals surface area contributed by atoms with Gasteiger partial charge in [0.25, 0.3) is 0 Å². The zero-order chi connectivity index (χ0) is 22.9. The summed E-state index contributed by atoms with van der Waals surface area (Å²) in [5.74, 6) is -0.283. The summed E-state index contributed by atoms with van der Waals surface area (Å²) in [4.78, 5) is 17.5. The Hall–Kier alpha value is -2.76. The van der Waals surface area contributed by atoms with Gasteiger partial charge < -0.3 is 15.2 Å². The normalized spacial score (nSPS) is 17.9. The Kier molecular flexibility index (Phi) is 6.31. The van der Waals surface area contributed by atoms with Crippen molar-refractivity contribution in [1.29, 1.82) is 0 Å².